The number of rotatable bonds is 10. The van der Waals surface area contributed by atoms with Gasteiger partial charge in [-0.15, -0.1) is 6.42 Å². The highest BCUT2D eigenvalue weighted by Gasteiger charge is 2.19. The predicted octanol–water partition coefficient (Wildman–Crippen LogP) is 4.07. The number of nitrogens with zero attached hydrogens (tertiary/aromatic N) is 3. The molecular formula is C24H41N4. The average molecular weight is 386 g/mol. The lowest BCUT2D eigenvalue weighted by Crippen LogP contribution is -2.50. The summed E-state index contributed by atoms with van der Waals surface area (Å²) >= 11 is 0. The fourth-order valence-electron chi connectivity index (χ4n) is 3.27. The lowest BCUT2D eigenvalue weighted by atomic mass is 10.0. The van der Waals surface area contributed by atoms with Crippen LogP contribution in [-0.2, 0) is 0 Å². The summed E-state index contributed by atoms with van der Waals surface area (Å²) in [6.45, 7) is 18.9. The topological polar surface area (TPSA) is 33.6 Å². The van der Waals surface area contributed by atoms with E-state index in [2.05, 4.69) is 53.9 Å². The molecule has 1 aliphatic carbocycles. The Morgan fingerprint density at radius 3 is 2.36 bits per heavy atom. The molecule has 0 aromatic heterocycles. The van der Waals surface area contributed by atoms with Crippen LogP contribution >= 0.6 is 0 Å². The van der Waals surface area contributed by atoms with Crippen molar-refractivity contribution in [2.75, 3.05) is 52.4 Å². The summed E-state index contributed by atoms with van der Waals surface area (Å²) in [5.41, 5.74) is 2.43. The number of nitrogens with one attached hydrogen (secondary N) is 1. The fraction of sp³-hybridized carbons (Fsp3) is 0.667. The number of amidine groups is 1. The normalized spacial score (nSPS) is 17.1. The highest BCUT2D eigenvalue weighted by atomic mass is 15.3. The lowest BCUT2D eigenvalue weighted by molar-refractivity contribution is 0.155. The molecule has 2 aliphatic rings. The molecule has 0 bridgehead atoms. The van der Waals surface area contributed by atoms with E-state index in [1.807, 2.05) is 19.9 Å². The van der Waals surface area contributed by atoms with Crippen LogP contribution in [0.4, 0.5) is 0 Å². The molecule has 2 rings (SSSR count). The summed E-state index contributed by atoms with van der Waals surface area (Å²) in [5.74, 6) is 3.58. The van der Waals surface area contributed by atoms with Crippen LogP contribution in [-0.4, -0.2) is 72.9 Å². The van der Waals surface area contributed by atoms with E-state index in [9.17, 15) is 0 Å². The van der Waals surface area contributed by atoms with Gasteiger partial charge in [0, 0.05) is 57.8 Å². The Morgan fingerprint density at radius 1 is 1.21 bits per heavy atom. The van der Waals surface area contributed by atoms with Crippen molar-refractivity contribution in [1.82, 2.24) is 14.7 Å². The second-order valence-corrected chi connectivity index (χ2v) is 7.61. The van der Waals surface area contributed by atoms with E-state index in [1.165, 1.54) is 31.5 Å². The van der Waals surface area contributed by atoms with Gasteiger partial charge in [-0.2, -0.15) is 0 Å². The van der Waals surface area contributed by atoms with Crippen LogP contribution in [0.3, 0.4) is 0 Å². The van der Waals surface area contributed by atoms with Gasteiger partial charge in [0.05, 0.1) is 0 Å². The Kier molecular flexibility index (Phi) is 11.9. The zero-order valence-electron chi connectivity index (χ0n) is 18.8. The van der Waals surface area contributed by atoms with Gasteiger partial charge in [0.25, 0.3) is 0 Å². The quantitative estimate of drug-likeness (QED) is 0.350. The first-order valence-electron chi connectivity index (χ1n) is 11.0. The number of piperazine rings is 1. The van der Waals surface area contributed by atoms with Crippen LogP contribution in [0.5, 0.6) is 0 Å². The SMILES string of the molecule is C#C/C(=C\C(=N)N1CCN(CCN(CCC)CCC2=C[CH]2)CC1)C(C)C.CC. The first-order chi connectivity index (χ1) is 13.5. The zero-order chi connectivity index (χ0) is 20.9. The van der Waals surface area contributed by atoms with Crippen LogP contribution in [0, 0.1) is 30.1 Å². The molecule has 157 valence electrons. The molecule has 0 amide bonds. The largest absolute Gasteiger partial charge is 0.355 e. The third-order valence-corrected chi connectivity index (χ3v) is 5.19. The maximum absolute atomic E-state index is 8.32. The Morgan fingerprint density at radius 2 is 1.86 bits per heavy atom. The molecule has 0 unspecified atom stereocenters. The smallest absolute Gasteiger partial charge is 0.121 e. The van der Waals surface area contributed by atoms with Gasteiger partial charge in [-0.25, -0.2) is 0 Å². The minimum absolute atomic E-state index is 0.301. The van der Waals surface area contributed by atoms with Gasteiger partial charge >= 0.3 is 0 Å². The van der Waals surface area contributed by atoms with E-state index in [0.29, 0.717) is 11.8 Å². The second kappa shape index (κ2) is 13.6. The first kappa shape index (κ1) is 24.5. The van der Waals surface area contributed by atoms with Crippen LogP contribution in [0.15, 0.2) is 23.3 Å². The molecular weight excluding hydrogens is 344 g/mol. The van der Waals surface area contributed by atoms with Gasteiger partial charge in [0.2, 0.25) is 0 Å². The Bertz CT molecular complexity index is 560. The highest BCUT2D eigenvalue weighted by molar-refractivity contribution is 5.91. The summed E-state index contributed by atoms with van der Waals surface area (Å²) < 4.78 is 0. The summed E-state index contributed by atoms with van der Waals surface area (Å²) in [7, 11) is 0. The molecule has 1 fully saturated rings. The molecule has 1 aliphatic heterocycles. The first-order valence-corrected chi connectivity index (χ1v) is 11.0. The van der Waals surface area contributed by atoms with Crippen molar-refractivity contribution in [3.63, 3.8) is 0 Å². The van der Waals surface area contributed by atoms with Gasteiger partial charge < -0.3 is 9.80 Å². The molecule has 0 aromatic carbocycles. The highest BCUT2D eigenvalue weighted by Crippen LogP contribution is 2.20. The Balaban J connectivity index is 0.00000190. The summed E-state index contributed by atoms with van der Waals surface area (Å²) in [6.07, 6.45) is 14.3. The van der Waals surface area contributed by atoms with Gasteiger partial charge in [0.1, 0.15) is 5.84 Å². The van der Waals surface area contributed by atoms with Crippen molar-refractivity contribution >= 4 is 5.84 Å². The van der Waals surface area contributed by atoms with Crippen molar-refractivity contribution in [3.8, 4) is 12.3 Å². The monoisotopic (exact) mass is 385 g/mol. The maximum Gasteiger partial charge on any atom is 0.121 e. The second-order valence-electron chi connectivity index (χ2n) is 7.61. The molecule has 4 nitrogen and oxygen atoms in total. The third kappa shape index (κ3) is 9.08. The molecule has 1 radical (unpaired) electrons. The minimum Gasteiger partial charge on any atom is -0.355 e. The molecule has 1 N–H and O–H groups in total. The van der Waals surface area contributed by atoms with E-state index < -0.39 is 0 Å². The average Bonchev–Trinajstić information content (AvgIpc) is 3.54. The minimum atomic E-state index is 0.301. The molecule has 28 heavy (non-hydrogen) atoms. The Hall–Kier alpha value is -1.57. The molecule has 4 heteroatoms. The standard InChI is InChI=1S/C22H35N4.C2H6/c1-5-10-24(11-9-20-7-8-20)12-13-25-14-16-26(17-15-25)22(23)18-21(6-2)19(3)4;1-2/h2,7-8,18-19,23H,5,9-17H2,1,3-4H3;1-2H3/b21-18+,23-22?;. The third-order valence-electron chi connectivity index (χ3n) is 5.19. The number of hydrogen-bond acceptors (Lipinski definition) is 3. The molecule has 0 aromatic rings. The van der Waals surface area contributed by atoms with Crippen LogP contribution in [0.2, 0.25) is 0 Å². The number of hydrogen-bond donors (Lipinski definition) is 1. The van der Waals surface area contributed by atoms with E-state index in [0.717, 1.165) is 44.8 Å². The number of terminal acetylenes is 1. The van der Waals surface area contributed by atoms with Crippen LogP contribution in [0.1, 0.15) is 47.5 Å². The molecule has 0 atom stereocenters. The van der Waals surface area contributed by atoms with Gasteiger partial charge in [-0.05, 0) is 31.4 Å². The Labute approximate surface area is 174 Å². The van der Waals surface area contributed by atoms with E-state index in [1.54, 1.807) is 0 Å². The molecule has 0 saturated carbocycles. The molecule has 1 heterocycles. The van der Waals surface area contributed by atoms with Crippen molar-refractivity contribution < 1.29 is 0 Å². The number of allylic oxidation sites excluding steroid dienone is 2. The van der Waals surface area contributed by atoms with Crippen molar-refractivity contribution in [2.24, 2.45) is 5.92 Å². The van der Waals surface area contributed by atoms with Crippen LogP contribution < -0.4 is 0 Å². The van der Waals surface area contributed by atoms with E-state index in [4.69, 9.17) is 11.8 Å². The molecule has 1 saturated heterocycles. The van der Waals surface area contributed by atoms with E-state index in [-0.39, 0.29) is 0 Å². The predicted molar refractivity (Wildman–Crippen MR) is 123 cm³/mol. The maximum atomic E-state index is 8.32. The summed E-state index contributed by atoms with van der Waals surface area (Å²) in [6, 6.07) is 0. The van der Waals surface area contributed by atoms with E-state index >= 15 is 0 Å². The van der Waals surface area contributed by atoms with Gasteiger partial charge in [-0.3, -0.25) is 10.3 Å². The summed E-state index contributed by atoms with van der Waals surface area (Å²) in [4.78, 5) is 7.27. The van der Waals surface area contributed by atoms with Crippen LogP contribution in [0.25, 0.3) is 0 Å². The van der Waals surface area contributed by atoms with Gasteiger partial charge in [0.15, 0.2) is 0 Å². The van der Waals surface area contributed by atoms with Crippen molar-refractivity contribution in [2.45, 2.75) is 47.5 Å². The summed E-state index contributed by atoms with van der Waals surface area (Å²) in [5, 5.41) is 8.32. The van der Waals surface area contributed by atoms with Gasteiger partial charge in [-0.1, -0.05) is 52.2 Å². The fourth-order valence-corrected chi connectivity index (χ4v) is 3.27. The zero-order valence-corrected chi connectivity index (χ0v) is 18.8. The molecule has 0 spiro atoms. The lowest BCUT2D eigenvalue weighted by Gasteiger charge is -2.36. The van der Waals surface area contributed by atoms with Crippen molar-refractivity contribution in [1.29, 1.82) is 5.41 Å². The van der Waals surface area contributed by atoms with Crippen molar-refractivity contribution in [3.05, 3.63) is 29.7 Å².